The van der Waals surface area contributed by atoms with Crippen molar-refractivity contribution in [2.45, 2.75) is 19.4 Å². The zero-order valence-electron chi connectivity index (χ0n) is 15.8. The molecule has 1 aromatic heterocycles. The molecule has 1 amide bonds. The van der Waals surface area contributed by atoms with E-state index in [-0.39, 0.29) is 18.0 Å². The molecule has 0 spiro atoms. The van der Waals surface area contributed by atoms with Gasteiger partial charge in [0.25, 0.3) is 5.56 Å². The SMILES string of the molecule is O=C(Cn1ccc2ccccc2c1=O)N1CCCC(COc2ccccc2)C1. The van der Waals surface area contributed by atoms with Crippen LogP contribution in [-0.2, 0) is 11.3 Å². The Morgan fingerprint density at radius 2 is 1.82 bits per heavy atom. The molecule has 3 aromatic rings. The molecule has 0 bridgehead atoms. The summed E-state index contributed by atoms with van der Waals surface area (Å²) in [6, 6.07) is 19.1. The molecule has 5 heteroatoms. The van der Waals surface area contributed by atoms with E-state index in [1.54, 1.807) is 12.3 Å². The number of aromatic nitrogens is 1. The van der Waals surface area contributed by atoms with Crippen LogP contribution < -0.4 is 10.3 Å². The second-order valence-corrected chi connectivity index (χ2v) is 7.31. The average Bonchev–Trinajstić information content (AvgIpc) is 2.75. The number of fused-ring (bicyclic) bond motifs is 1. The molecule has 0 saturated carbocycles. The van der Waals surface area contributed by atoms with Gasteiger partial charge in [-0.1, -0.05) is 36.4 Å². The van der Waals surface area contributed by atoms with E-state index >= 15 is 0 Å². The largest absolute Gasteiger partial charge is 0.493 e. The summed E-state index contributed by atoms with van der Waals surface area (Å²) in [6.07, 6.45) is 3.72. The van der Waals surface area contributed by atoms with Gasteiger partial charge in [-0.05, 0) is 42.5 Å². The van der Waals surface area contributed by atoms with Crippen LogP contribution in [0.25, 0.3) is 10.8 Å². The van der Waals surface area contributed by atoms with E-state index < -0.39 is 0 Å². The van der Waals surface area contributed by atoms with Gasteiger partial charge in [0.1, 0.15) is 12.3 Å². The highest BCUT2D eigenvalue weighted by Crippen LogP contribution is 2.19. The molecule has 1 aliphatic heterocycles. The smallest absolute Gasteiger partial charge is 0.258 e. The summed E-state index contributed by atoms with van der Waals surface area (Å²) in [6.45, 7) is 2.09. The van der Waals surface area contributed by atoms with Gasteiger partial charge in [0.05, 0.1) is 6.61 Å². The van der Waals surface area contributed by atoms with E-state index in [4.69, 9.17) is 4.74 Å². The van der Waals surface area contributed by atoms with Crippen molar-refractivity contribution in [1.29, 1.82) is 0 Å². The average molecular weight is 376 g/mol. The summed E-state index contributed by atoms with van der Waals surface area (Å²) < 4.78 is 7.37. The number of pyridine rings is 1. The molecule has 1 atom stereocenters. The molecular weight excluding hydrogens is 352 g/mol. The topological polar surface area (TPSA) is 51.5 Å². The Morgan fingerprint density at radius 1 is 1.04 bits per heavy atom. The number of rotatable bonds is 5. The fourth-order valence-corrected chi connectivity index (χ4v) is 3.76. The van der Waals surface area contributed by atoms with E-state index in [0.717, 1.165) is 30.5 Å². The summed E-state index contributed by atoms with van der Waals surface area (Å²) in [4.78, 5) is 27.3. The normalized spacial score (nSPS) is 16.9. The number of hydrogen-bond donors (Lipinski definition) is 0. The third-order valence-electron chi connectivity index (χ3n) is 5.29. The zero-order chi connectivity index (χ0) is 19.3. The number of likely N-dealkylation sites (tertiary alicyclic amines) is 1. The molecule has 0 aliphatic carbocycles. The number of para-hydroxylation sites is 1. The van der Waals surface area contributed by atoms with Crippen LogP contribution in [0.3, 0.4) is 0 Å². The van der Waals surface area contributed by atoms with Gasteiger partial charge < -0.3 is 14.2 Å². The monoisotopic (exact) mass is 376 g/mol. The van der Waals surface area contributed by atoms with Crippen molar-refractivity contribution in [2.24, 2.45) is 5.92 Å². The van der Waals surface area contributed by atoms with Crippen LogP contribution in [0.5, 0.6) is 5.75 Å². The standard InChI is InChI=1S/C23H24N2O3/c26-22(16-25-14-12-19-8-4-5-11-21(19)23(25)27)24-13-6-7-18(15-24)17-28-20-9-2-1-3-10-20/h1-5,8-12,14,18H,6-7,13,15-17H2. The summed E-state index contributed by atoms with van der Waals surface area (Å²) in [5, 5.41) is 1.54. The van der Waals surface area contributed by atoms with Crippen molar-refractivity contribution in [3.05, 3.63) is 77.2 Å². The van der Waals surface area contributed by atoms with E-state index in [1.807, 2.05) is 59.5 Å². The predicted molar refractivity (Wildman–Crippen MR) is 109 cm³/mol. The van der Waals surface area contributed by atoms with Crippen molar-refractivity contribution in [2.75, 3.05) is 19.7 Å². The molecule has 2 heterocycles. The Morgan fingerprint density at radius 3 is 2.68 bits per heavy atom. The zero-order valence-corrected chi connectivity index (χ0v) is 15.8. The van der Waals surface area contributed by atoms with Crippen LogP contribution in [0.4, 0.5) is 0 Å². The summed E-state index contributed by atoms with van der Waals surface area (Å²) in [7, 11) is 0. The number of benzene rings is 2. The van der Waals surface area contributed by atoms with Crippen LogP contribution >= 0.6 is 0 Å². The second kappa shape index (κ2) is 8.30. The fraction of sp³-hybridized carbons (Fsp3) is 0.304. The number of amides is 1. The fourth-order valence-electron chi connectivity index (χ4n) is 3.76. The highest BCUT2D eigenvalue weighted by molar-refractivity contribution is 5.82. The van der Waals surface area contributed by atoms with Crippen molar-refractivity contribution in [3.63, 3.8) is 0 Å². The van der Waals surface area contributed by atoms with E-state index in [1.165, 1.54) is 4.57 Å². The molecule has 28 heavy (non-hydrogen) atoms. The van der Waals surface area contributed by atoms with Gasteiger partial charge in [0.15, 0.2) is 0 Å². The van der Waals surface area contributed by atoms with E-state index in [0.29, 0.717) is 24.5 Å². The van der Waals surface area contributed by atoms with Gasteiger partial charge in [-0.2, -0.15) is 0 Å². The van der Waals surface area contributed by atoms with Crippen LogP contribution in [0.1, 0.15) is 12.8 Å². The predicted octanol–water partition coefficient (Wildman–Crippen LogP) is 3.32. The maximum absolute atomic E-state index is 12.8. The van der Waals surface area contributed by atoms with Crippen LogP contribution in [0, 0.1) is 5.92 Å². The first-order chi connectivity index (χ1) is 13.7. The summed E-state index contributed by atoms with van der Waals surface area (Å²) in [5.74, 6) is 1.15. The molecule has 1 aliphatic rings. The van der Waals surface area contributed by atoms with Gasteiger partial charge in [0, 0.05) is 30.6 Å². The molecular formula is C23H24N2O3. The lowest BCUT2D eigenvalue weighted by Gasteiger charge is -2.32. The van der Waals surface area contributed by atoms with Gasteiger partial charge in [-0.15, -0.1) is 0 Å². The van der Waals surface area contributed by atoms with Gasteiger partial charge in [0.2, 0.25) is 5.91 Å². The third-order valence-corrected chi connectivity index (χ3v) is 5.29. The lowest BCUT2D eigenvalue weighted by atomic mass is 9.99. The maximum atomic E-state index is 12.8. The number of hydrogen-bond acceptors (Lipinski definition) is 3. The van der Waals surface area contributed by atoms with Crippen LogP contribution in [0.15, 0.2) is 71.7 Å². The van der Waals surface area contributed by atoms with Crippen LogP contribution in [0.2, 0.25) is 0 Å². The summed E-state index contributed by atoms with van der Waals surface area (Å²) in [5.41, 5.74) is -0.118. The molecule has 1 saturated heterocycles. The quantitative estimate of drug-likeness (QED) is 0.686. The lowest BCUT2D eigenvalue weighted by molar-refractivity contribution is -0.133. The minimum Gasteiger partial charge on any atom is -0.493 e. The molecule has 0 N–H and O–H groups in total. The second-order valence-electron chi connectivity index (χ2n) is 7.31. The summed E-state index contributed by atoms with van der Waals surface area (Å²) >= 11 is 0. The van der Waals surface area contributed by atoms with Crippen molar-refractivity contribution < 1.29 is 9.53 Å². The Balaban J connectivity index is 1.39. The Kier molecular flexibility index (Phi) is 5.42. The van der Waals surface area contributed by atoms with E-state index in [2.05, 4.69) is 0 Å². The molecule has 1 unspecified atom stereocenters. The number of carbonyl (C=O) groups excluding carboxylic acids is 1. The highest BCUT2D eigenvalue weighted by Gasteiger charge is 2.24. The number of carbonyl (C=O) groups is 1. The Bertz CT molecular complexity index is 1010. The first-order valence-corrected chi connectivity index (χ1v) is 9.74. The first kappa shape index (κ1) is 18.3. The number of nitrogens with zero attached hydrogens (tertiary/aromatic N) is 2. The molecule has 1 fully saturated rings. The minimum atomic E-state index is -0.118. The van der Waals surface area contributed by atoms with Crippen molar-refractivity contribution in [3.8, 4) is 5.75 Å². The number of piperidine rings is 1. The highest BCUT2D eigenvalue weighted by atomic mass is 16.5. The van der Waals surface area contributed by atoms with Gasteiger partial charge in [-0.3, -0.25) is 9.59 Å². The first-order valence-electron chi connectivity index (χ1n) is 9.74. The lowest BCUT2D eigenvalue weighted by Crippen LogP contribution is -2.44. The number of ether oxygens (including phenoxy) is 1. The van der Waals surface area contributed by atoms with E-state index in [9.17, 15) is 9.59 Å². The minimum absolute atomic E-state index is 0.0122. The van der Waals surface area contributed by atoms with Gasteiger partial charge in [-0.25, -0.2) is 0 Å². The molecule has 5 nitrogen and oxygen atoms in total. The molecule has 2 aromatic carbocycles. The molecule has 4 rings (SSSR count). The van der Waals surface area contributed by atoms with Crippen LogP contribution in [-0.4, -0.2) is 35.1 Å². The maximum Gasteiger partial charge on any atom is 0.258 e. The Hall–Kier alpha value is -3.08. The van der Waals surface area contributed by atoms with Crippen molar-refractivity contribution >= 4 is 16.7 Å². The van der Waals surface area contributed by atoms with Crippen molar-refractivity contribution in [1.82, 2.24) is 9.47 Å². The van der Waals surface area contributed by atoms with Gasteiger partial charge >= 0.3 is 0 Å². The molecule has 0 radical (unpaired) electrons. The Labute approximate surface area is 164 Å². The third kappa shape index (κ3) is 4.09. The molecule has 144 valence electrons.